The van der Waals surface area contributed by atoms with E-state index >= 15 is 0 Å². The quantitative estimate of drug-likeness (QED) is 0.664. The van der Waals surface area contributed by atoms with Crippen LogP contribution >= 0.6 is 0 Å². The zero-order valence-electron chi connectivity index (χ0n) is 7.49. The van der Waals surface area contributed by atoms with Crippen LogP contribution in [0.5, 0.6) is 0 Å². The number of anilines is 1. The fourth-order valence-corrected chi connectivity index (χ4v) is 0.673. The summed E-state index contributed by atoms with van der Waals surface area (Å²) in [5.41, 5.74) is 12.3. The molecule has 1 rings (SSSR count). The van der Waals surface area contributed by atoms with Crippen molar-refractivity contribution in [1.29, 1.82) is 0 Å². The maximum absolute atomic E-state index is 5.54. The highest BCUT2D eigenvalue weighted by Gasteiger charge is 1.89. The van der Waals surface area contributed by atoms with Crippen molar-refractivity contribution >= 4 is 11.8 Å². The van der Waals surface area contributed by atoms with Crippen LogP contribution in [0, 0.1) is 0 Å². The summed E-state index contributed by atoms with van der Waals surface area (Å²) in [5, 5.41) is 0. The number of nitrogen functional groups attached to an aromatic ring is 1. The van der Waals surface area contributed by atoms with Crippen molar-refractivity contribution in [3.05, 3.63) is 30.2 Å². The third kappa shape index (κ3) is 3.05. The van der Waals surface area contributed by atoms with Gasteiger partial charge in [0.15, 0.2) is 0 Å². The molecular weight excluding hydrogens is 150 g/mol. The molecule has 0 aromatic carbocycles. The Balaban J connectivity index is 0.000000561. The lowest BCUT2D eigenvalue weighted by molar-refractivity contribution is 1.32. The second-order valence-corrected chi connectivity index (χ2v) is 1.86. The first-order chi connectivity index (χ1) is 5.84. The third-order valence-corrected chi connectivity index (χ3v) is 1.16. The number of rotatable bonds is 1. The number of aromatic nitrogens is 1. The molecule has 0 saturated heterocycles. The van der Waals surface area contributed by atoms with Crippen LogP contribution in [0.4, 0.5) is 5.69 Å². The molecule has 0 spiro atoms. The van der Waals surface area contributed by atoms with Gasteiger partial charge in [-0.05, 0) is 18.3 Å². The van der Waals surface area contributed by atoms with E-state index in [4.69, 9.17) is 11.5 Å². The molecule has 0 bridgehead atoms. The second-order valence-electron chi connectivity index (χ2n) is 1.86. The minimum atomic E-state index is 0.643. The lowest BCUT2D eigenvalue weighted by atomic mass is 10.2. The molecule has 66 valence electrons. The number of nitrogens with zero attached hydrogens (tertiary/aromatic N) is 1. The summed E-state index contributed by atoms with van der Waals surface area (Å²) in [4.78, 5) is 3.83. The van der Waals surface area contributed by atoms with Crippen molar-refractivity contribution in [3.8, 4) is 0 Å². The lowest BCUT2D eigenvalue weighted by Gasteiger charge is -1.95. The van der Waals surface area contributed by atoms with Gasteiger partial charge in [0.1, 0.15) is 0 Å². The zero-order valence-corrected chi connectivity index (χ0v) is 7.49. The summed E-state index contributed by atoms with van der Waals surface area (Å²) >= 11 is 0. The van der Waals surface area contributed by atoms with Gasteiger partial charge >= 0.3 is 0 Å². The Bertz CT molecular complexity index is 243. The first-order valence-electron chi connectivity index (χ1n) is 3.92. The largest absolute Gasteiger partial charge is 0.405 e. The molecule has 0 radical (unpaired) electrons. The highest BCUT2D eigenvalue weighted by atomic mass is 14.7. The van der Waals surface area contributed by atoms with Crippen LogP contribution in [0.1, 0.15) is 19.4 Å². The highest BCUT2D eigenvalue weighted by Crippen LogP contribution is 2.08. The molecule has 0 unspecified atom stereocenters. The highest BCUT2D eigenvalue weighted by molar-refractivity contribution is 5.62. The Hall–Kier alpha value is -1.51. The first kappa shape index (κ1) is 10.5. The normalized spacial score (nSPS) is 9.17. The van der Waals surface area contributed by atoms with Crippen LogP contribution in [0.3, 0.4) is 0 Å². The van der Waals surface area contributed by atoms with Crippen molar-refractivity contribution < 1.29 is 0 Å². The van der Waals surface area contributed by atoms with Crippen LogP contribution in [0.2, 0.25) is 0 Å². The third-order valence-electron chi connectivity index (χ3n) is 1.16. The number of hydrogen-bond donors (Lipinski definition) is 2. The van der Waals surface area contributed by atoms with Gasteiger partial charge in [-0.2, -0.15) is 0 Å². The predicted octanol–water partition coefficient (Wildman–Crippen LogP) is 1.62. The Morgan fingerprint density at radius 2 is 2.08 bits per heavy atom. The van der Waals surface area contributed by atoms with Gasteiger partial charge in [0.05, 0.1) is 11.9 Å². The van der Waals surface area contributed by atoms with Crippen molar-refractivity contribution in [2.75, 3.05) is 5.73 Å². The van der Waals surface area contributed by atoms with E-state index in [0.717, 1.165) is 5.56 Å². The molecule has 3 heteroatoms. The number of pyridine rings is 1. The summed E-state index contributed by atoms with van der Waals surface area (Å²) < 4.78 is 0. The molecular formula is C9H15N3. The fraction of sp³-hybridized carbons (Fsp3) is 0.222. The van der Waals surface area contributed by atoms with E-state index < -0.39 is 0 Å². The maximum atomic E-state index is 5.54. The summed E-state index contributed by atoms with van der Waals surface area (Å²) in [7, 11) is 0. The molecule has 1 heterocycles. The van der Waals surface area contributed by atoms with Gasteiger partial charge in [0.2, 0.25) is 0 Å². The van der Waals surface area contributed by atoms with Gasteiger partial charge in [0.25, 0.3) is 0 Å². The van der Waals surface area contributed by atoms with E-state index in [1.54, 1.807) is 24.5 Å². The van der Waals surface area contributed by atoms with E-state index in [1.807, 2.05) is 13.8 Å². The molecule has 12 heavy (non-hydrogen) atoms. The minimum absolute atomic E-state index is 0.643. The zero-order chi connectivity index (χ0) is 9.40. The smallest absolute Gasteiger partial charge is 0.0574 e. The summed E-state index contributed by atoms with van der Waals surface area (Å²) in [5.74, 6) is 0. The minimum Gasteiger partial charge on any atom is -0.405 e. The van der Waals surface area contributed by atoms with Crippen molar-refractivity contribution in [1.82, 2.24) is 4.98 Å². The van der Waals surface area contributed by atoms with Crippen molar-refractivity contribution in [2.24, 2.45) is 5.73 Å². The predicted molar refractivity (Wildman–Crippen MR) is 53.2 cm³/mol. The van der Waals surface area contributed by atoms with Crippen LogP contribution in [0.15, 0.2) is 24.7 Å². The number of nitrogens with two attached hydrogens (primary N) is 2. The van der Waals surface area contributed by atoms with Gasteiger partial charge in [-0.1, -0.05) is 13.8 Å². The monoisotopic (exact) mass is 165 g/mol. The van der Waals surface area contributed by atoms with Crippen LogP contribution < -0.4 is 11.5 Å². The van der Waals surface area contributed by atoms with E-state index in [1.165, 1.54) is 6.20 Å². The average Bonchev–Trinajstić information content (AvgIpc) is 2.13. The molecule has 3 nitrogen and oxygen atoms in total. The molecule has 0 saturated carbocycles. The van der Waals surface area contributed by atoms with Crippen molar-refractivity contribution in [2.45, 2.75) is 13.8 Å². The van der Waals surface area contributed by atoms with Gasteiger partial charge in [0, 0.05) is 11.8 Å². The van der Waals surface area contributed by atoms with Gasteiger partial charge in [-0.3, -0.25) is 4.98 Å². The molecule has 0 aliphatic heterocycles. The first-order valence-corrected chi connectivity index (χ1v) is 3.92. The van der Waals surface area contributed by atoms with E-state index in [2.05, 4.69) is 4.98 Å². The van der Waals surface area contributed by atoms with Crippen LogP contribution in [0.25, 0.3) is 6.08 Å². The van der Waals surface area contributed by atoms with Gasteiger partial charge < -0.3 is 11.5 Å². The molecule has 0 aliphatic rings. The molecule has 4 N–H and O–H groups in total. The fourth-order valence-electron chi connectivity index (χ4n) is 0.673. The maximum Gasteiger partial charge on any atom is 0.0574 e. The standard InChI is InChI=1S/C7H9N3.C2H6/c8-3-1-6-2-4-10-5-7(6)9;1-2/h1-5H,8-9H2;1-2H3/b3-1-;. The van der Waals surface area contributed by atoms with Crippen LogP contribution in [-0.4, -0.2) is 4.98 Å². The van der Waals surface area contributed by atoms with E-state index in [0.29, 0.717) is 5.69 Å². The lowest BCUT2D eigenvalue weighted by Crippen LogP contribution is -1.90. The Morgan fingerprint density at radius 1 is 1.42 bits per heavy atom. The summed E-state index contributed by atoms with van der Waals surface area (Å²) in [6, 6.07) is 1.80. The van der Waals surface area contributed by atoms with E-state index in [9.17, 15) is 0 Å². The molecule has 0 fully saturated rings. The molecule has 0 aliphatic carbocycles. The number of hydrogen-bond acceptors (Lipinski definition) is 3. The second kappa shape index (κ2) is 6.22. The van der Waals surface area contributed by atoms with Gasteiger partial charge in [-0.25, -0.2) is 0 Å². The Labute approximate surface area is 73.1 Å². The summed E-state index contributed by atoms with van der Waals surface area (Å²) in [6.07, 6.45) is 6.45. The molecule has 1 aromatic rings. The Kier molecular flexibility index (Phi) is 5.43. The summed E-state index contributed by atoms with van der Waals surface area (Å²) in [6.45, 7) is 4.00. The van der Waals surface area contributed by atoms with Crippen LogP contribution in [-0.2, 0) is 0 Å². The van der Waals surface area contributed by atoms with Crippen molar-refractivity contribution in [3.63, 3.8) is 0 Å². The average molecular weight is 165 g/mol. The molecule has 0 atom stereocenters. The van der Waals surface area contributed by atoms with E-state index in [-0.39, 0.29) is 0 Å². The molecule has 1 aromatic heterocycles. The van der Waals surface area contributed by atoms with Gasteiger partial charge in [-0.15, -0.1) is 0 Å². The molecule has 0 amide bonds. The Morgan fingerprint density at radius 3 is 2.58 bits per heavy atom. The topological polar surface area (TPSA) is 64.9 Å². The SMILES string of the molecule is CC.N/C=C\c1ccncc1N.